The number of ether oxygens (including phenoxy) is 3. The number of likely N-dealkylation sites (tertiary alicyclic amines) is 2. The molecule has 0 bridgehead atoms. The van der Waals surface area contributed by atoms with Gasteiger partial charge >= 0.3 is 12.5 Å². The van der Waals surface area contributed by atoms with Gasteiger partial charge in [0.2, 0.25) is 24.1 Å². The number of pyridine rings is 1. The number of aliphatic hydroxyl groups is 1. The molecule has 2 aromatic carbocycles. The summed E-state index contributed by atoms with van der Waals surface area (Å²) in [6.45, 7) is 13.2. The Balaban J connectivity index is 0.985. The molecule has 0 aliphatic carbocycles. The van der Waals surface area contributed by atoms with E-state index in [0.29, 0.717) is 86.1 Å². The van der Waals surface area contributed by atoms with Gasteiger partial charge in [-0.05, 0) is 92.8 Å². The Kier molecular flexibility index (Phi) is 16.7. The average Bonchev–Trinajstić information content (AvgIpc) is 4.15. The maximum atomic E-state index is 14.2. The number of piperazine rings is 1. The monoisotopic (exact) mass is 1020 g/mol. The van der Waals surface area contributed by atoms with E-state index in [4.69, 9.17) is 9.47 Å². The van der Waals surface area contributed by atoms with Crippen LogP contribution >= 0.6 is 0 Å². The van der Waals surface area contributed by atoms with E-state index < -0.39 is 48.1 Å². The Hall–Kier alpha value is -6.78. The molecule has 5 N–H and O–H groups in total. The third-order valence-electron chi connectivity index (χ3n) is 13.9. The molecule has 73 heavy (non-hydrogen) atoms. The molecule has 5 heterocycles. The molecule has 1 unspecified atom stereocenters. The summed E-state index contributed by atoms with van der Waals surface area (Å²) >= 11 is 0. The summed E-state index contributed by atoms with van der Waals surface area (Å²) in [5.74, 6) is -1.20. The molecular weight excluding hydrogens is 954 g/mol. The number of benzene rings is 2. The van der Waals surface area contributed by atoms with E-state index in [1.807, 2.05) is 39.5 Å². The fraction of sp³-hybridized carbons (Fsp3) is 0.510. The number of alkyl halides is 3. The van der Waals surface area contributed by atoms with Crippen molar-refractivity contribution < 1.29 is 56.5 Å². The molecule has 0 saturated carbocycles. The van der Waals surface area contributed by atoms with E-state index in [0.717, 1.165) is 12.5 Å². The average molecular weight is 1020 g/mol. The van der Waals surface area contributed by atoms with Crippen LogP contribution in [0, 0.1) is 11.8 Å². The number of halogens is 3. The van der Waals surface area contributed by atoms with Gasteiger partial charge < -0.3 is 54.5 Å². The molecule has 394 valence electrons. The van der Waals surface area contributed by atoms with Gasteiger partial charge in [0.25, 0.3) is 5.91 Å². The number of amides is 5. The second-order valence-electron chi connectivity index (χ2n) is 19.6. The summed E-state index contributed by atoms with van der Waals surface area (Å²) in [5, 5.41) is 18.2. The first kappa shape index (κ1) is 54.0. The first-order chi connectivity index (χ1) is 34.6. The summed E-state index contributed by atoms with van der Waals surface area (Å²) < 4.78 is 55.6. The van der Waals surface area contributed by atoms with Gasteiger partial charge in [-0.25, -0.2) is 14.8 Å². The van der Waals surface area contributed by atoms with Crippen LogP contribution in [0.2, 0.25) is 0 Å². The Morgan fingerprint density at radius 2 is 1.58 bits per heavy atom. The van der Waals surface area contributed by atoms with Gasteiger partial charge in [-0.3, -0.25) is 24.5 Å². The molecule has 4 aromatic rings. The number of imidazole rings is 1. The molecule has 19 nitrogen and oxygen atoms in total. The quantitative estimate of drug-likeness (QED) is 0.0780. The van der Waals surface area contributed by atoms with Crippen LogP contribution in [0.4, 0.5) is 29.5 Å². The number of nitrogens with zero attached hydrogens (tertiary/aromatic N) is 6. The van der Waals surface area contributed by atoms with Crippen molar-refractivity contribution in [2.75, 3.05) is 57.2 Å². The highest BCUT2D eigenvalue weighted by Gasteiger charge is 2.50. The highest BCUT2D eigenvalue weighted by molar-refractivity contribution is 6.05. The second-order valence-corrected chi connectivity index (χ2v) is 19.6. The molecule has 22 heteroatoms. The van der Waals surface area contributed by atoms with E-state index in [1.54, 1.807) is 64.2 Å². The molecule has 0 spiro atoms. The van der Waals surface area contributed by atoms with Crippen molar-refractivity contribution >= 4 is 41.2 Å². The van der Waals surface area contributed by atoms with Crippen molar-refractivity contribution in [1.29, 1.82) is 0 Å². The standard InChI is InChI=1S/C51H65F3N10O9/c1-29(2)41(59-48(69)71-7)45(66)63-21-9-11-38(63)43-56-27-37(58-43)33-14-12-32(13-15-33)36-18-16-34(25-39(36)73-51(52,53)54)44(65)57-35-17-19-40(55-26-35)62-24-23-61(28-31(62)5)47(68)50(6)20-10-22-64(50)46(67)42(30(3)4)60-49(70)72-8/h12-19,25-27,29-31,38,41-42,49,60,70H,9-11,20-24,28H2,1-8H3,(H,56,58)(H,57,65)(H,59,69)/t31-,38+,41+,42+,49?,50+/m1/s1. The summed E-state index contributed by atoms with van der Waals surface area (Å²) in [6.07, 6.45) is -1.50. The lowest BCUT2D eigenvalue weighted by molar-refractivity contribution is -0.274. The minimum atomic E-state index is -5.07. The minimum absolute atomic E-state index is 0.0898. The Morgan fingerprint density at radius 3 is 2.21 bits per heavy atom. The van der Waals surface area contributed by atoms with Crippen LogP contribution in [-0.4, -0.2) is 148 Å². The number of anilines is 2. The largest absolute Gasteiger partial charge is 0.573 e. The summed E-state index contributed by atoms with van der Waals surface area (Å²) in [5.41, 5.74) is 0.902. The third-order valence-corrected chi connectivity index (χ3v) is 13.9. The van der Waals surface area contributed by atoms with Crippen LogP contribution in [0.15, 0.2) is 67.0 Å². The van der Waals surface area contributed by atoms with Crippen molar-refractivity contribution in [2.24, 2.45) is 11.8 Å². The zero-order chi connectivity index (χ0) is 52.9. The lowest BCUT2D eigenvalue weighted by Gasteiger charge is -2.45. The zero-order valence-corrected chi connectivity index (χ0v) is 42.3. The molecular formula is C51H65F3N10O9. The van der Waals surface area contributed by atoms with Crippen LogP contribution < -0.4 is 25.6 Å². The fourth-order valence-electron chi connectivity index (χ4n) is 9.92. The number of carbonyl (C=O) groups excluding carboxylic acids is 5. The number of rotatable bonds is 16. The number of methoxy groups -OCH3 is 2. The van der Waals surface area contributed by atoms with Crippen molar-refractivity contribution in [3.63, 3.8) is 0 Å². The highest BCUT2D eigenvalue weighted by atomic mass is 19.4. The Bertz CT molecular complexity index is 2610. The molecule has 3 aliphatic heterocycles. The predicted octanol–water partition coefficient (Wildman–Crippen LogP) is 6.29. The number of carbonyl (C=O) groups is 5. The summed E-state index contributed by atoms with van der Waals surface area (Å²) in [4.78, 5) is 86.6. The lowest BCUT2D eigenvalue weighted by Crippen LogP contribution is -2.64. The number of nitrogens with one attached hydrogen (secondary N) is 4. The molecule has 6 atom stereocenters. The minimum Gasteiger partial charge on any atom is -0.453 e. The van der Waals surface area contributed by atoms with Crippen molar-refractivity contribution in [3.8, 4) is 28.1 Å². The maximum Gasteiger partial charge on any atom is 0.573 e. The number of H-pyrrole nitrogens is 1. The molecule has 5 amide bonds. The molecule has 7 rings (SSSR count). The fourth-order valence-corrected chi connectivity index (χ4v) is 9.92. The van der Waals surface area contributed by atoms with Gasteiger partial charge in [0.15, 0.2) is 0 Å². The Morgan fingerprint density at radius 1 is 0.863 bits per heavy atom. The van der Waals surface area contributed by atoms with E-state index >= 15 is 0 Å². The highest BCUT2D eigenvalue weighted by Crippen LogP contribution is 2.38. The van der Waals surface area contributed by atoms with E-state index in [1.165, 1.54) is 32.5 Å². The zero-order valence-electron chi connectivity index (χ0n) is 42.3. The van der Waals surface area contributed by atoms with Gasteiger partial charge in [0.05, 0.1) is 43.0 Å². The van der Waals surface area contributed by atoms with Gasteiger partial charge in [-0.15, -0.1) is 13.2 Å². The number of alkyl carbamates (subject to hydrolysis) is 1. The molecule has 3 saturated heterocycles. The van der Waals surface area contributed by atoms with E-state index in [9.17, 15) is 42.3 Å². The number of aromatic nitrogens is 3. The topological polar surface area (TPSA) is 224 Å². The van der Waals surface area contributed by atoms with Crippen LogP contribution in [-0.2, 0) is 23.9 Å². The molecule has 0 radical (unpaired) electrons. The predicted molar refractivity (Wildman–Crippen MR) is 264 cm³/mol. The van der Waals surface area contributed by atoms with Crippen molar-refractivity contribution in [1.82, 2.24) is 40.3 Å². The van der Waals surface area contributed by atoms with Crippen LogP contribution in [0.1, 0.15) is 89.4 Å². The number of hydrogen-bond donors (Lipinski definition) is 5. The van der Waals surface area contributed by atoms with Gasteiger partial charge in [-0.1, -0.05) is 52.0 Å². The van der Waals surface area contributed by atoms with E-state index in [-0.39, 0.29) is 52.8 Å². The number of aliphatic hydroxyl groups excluding tert-OH is 1. The lowest BCUT2D eigenvalue weighted by atomic mass is 9.93. The van der Waals surface area contributed by atoms with Crippen molar-refractivity contribution in [3.05, 3.63) is 78.4 Å². The third kappa shape index (κ3) is 12.2. The first-order valence-electron chi connectivity index (χ1n) is 24.4. The SMILES string of the molecule is COC(=O)N[C@H](C(=O)N1CCC[C@H]1c1ncc(-c2ccc(-c3ccc(C(=O)Nc4ccc(N5CCN(C(=O)[C@]6(C)CCCN6C(=O)[C@@H](NC(O)OC)C(C)C)C[C@H]5C)nc4)cc3OC(F)(F)F)cc2)[nH]1)C(C)C. The number of hydrogen-bond acceptors (Lipinski definition) is 13. The van der Waals surface area contributed by atoms with Crippen LogP contribution in [0.5, 0.6) is 5.75 Å². The smallest absolute Gasteiger partial charge is 0.453 e. The van der Waals surface area contributed by atoms with Crippen molar-refractivity contribution in [2.45, 2.75) is 110 Å². The van der Waals surface area contributed by atoms with Crippen LogP contribution in [0.3, 0.4) is 0 Å². The van der Waals surface area contributed by atoms with Crippen LogP contribution in [0.25, 0.3) is 22.4 Å². The van der Waals surface area contributed by atoms with Gasteiger partial charge in [0.1, 0.15) is 29.0 Å². The number of aromatic amines is 1. The van der Waals surface area contributed by atoms with Gasteiger partial charge in [-0.2, -0.15) is 0 Å². The first-order valence-corrected chi connectivity index (χ1v) is 24.4. The molecule has 3 aliphatic rings. The second kappa shape index (κ2) is 22.5. The molecule has 2 aromatic heterocycles. The Labute approximate surface area is 422 Å². The molecule has 3 fully saturated rings. The summed E-state index contributed by atoms with van der Waals surface area (Å²) in [6, 6.07) is 11.7. The normalized spacial score (nSPS) is 20.5. The summed E-state index contributed by atoms with van der Waals surface area (Å²) in [7, 11) is 2.56. The van der Waals surface area contributed by atoms with E-state index in [2.05, 4.69) is 35.6 Å². The van der Waals surface area contributed by atoms with Gasteiger partial charge in [0, 0.05) is 57.0 Å². The maximum absolute atomic E-state index is 14.2.